The lowest BCUT2D eigenvalue weighted by Gasteiger charge is -2.12. The average molecular weight is 315 g/mol. The molecule has 0 atom stereocenters. The molecule has 5 heteroatoms. The van der Waals surface area contributed by atoms with Crippen molar-refractivity contribution in [2.45, 2.75) is 38.8 Å². The van der Waals surface area contributed by atoms with E-state index in [9.17, 15) is 4.79 Å². The Kier molecular flexibility index (Phi) is 5.55. The Morgan fingerprint density at radius 3 is 2.77 bits per heavy atom. The maximum atomic E-state index is 12.6. The van der Waals surface area contributed by atoms with Crippen molar-refractivity contribution in [1.82, 2.24) is 9.97 Å². The Bertz CT molecular complexity index is 686. The largest absolute Gasteiger partial charge is 0.322 e. The number of benzene rings is 1. The number of nitrogens with one attached hydrogen (secondary N) is 1. The van der Waals surface area contributed by atoms with Crippen molar-refractivity contribution < 1.29 is 4.79 Å². The molecule has 1 N–H and O–H groups in total. The predicted molar refractivity (Wildman–Crippen MR) is 91.7 cm³/mol. The Morgan fingerprint density at radius 1 is 1.32 bits per heavy atom. The molecular weight excluding hydrogens is 294 g/mol. The fourth-order valence-electron chi connectivity index (χ4n) is 2.17. The molecule has 0 aliphatic rings. The third-order valence-electron chi connectivity index (χ3n) is 3.40. The molecule has 22 heavy (non-hydrogen) atoms. The maximum absolute atomic E-state index is 12.6. The first-order valence-corrected chi connectivity index (χ1v) is 8.56. The van der Waals surface area contributed by atoms with Gasteiger partial charge in [-0.2, -0.15) is 0 Å². The number of aryl methyl sites for hydroxylation is 3. The van der Waals surface area contributed by atoms with E-state index in [4.69, 9.17) is 0 Å². The lowest BCUT2D eigenvalue weighted by Crippen LogP contribution is -2.17. The summed E-state index contributed by atoms with van der Waals surface area (Å²) >= 11 is 1.48. The van der Waals surface area contributed by atoms with E-state index in [-0.39, 0.29) is 5.91 Å². The second kappa shape index (κ2) is 7.40. The molecule has 0 saturated heterocycles. The number of amides is 1. The van der Waals surface area contributed by atoms with Crippen LogP contribution in [0.25, 0.3) is 0 Å². The number of hydrogen-bond donors (Lipinski definition) is 1. The fraction of sp³-hybridized carbons (Fsp3) is 0.353. The smallest absolute Gasteiger partial charge is 0.259 e. The quantitative estimate of drug-likeness (QED) is 0.669. The van der Waals surface area contributed by atoms with Crippen LogP contribution < -0.4 is 5.32 Å². The van der Waals surface area contributed by atoms with Gasteiger partial charge in [-0.25, -0.2) is 9.97 Å². The van der Waals surface area contributed by atoms with Gasteiger partial charge in [-0.3, -0.25) is 4.79 Å². The van der Waals surface area contributed by atoms with Gasteiger partial charge in [0, 0.05) is 11.9 Å². The van der Waals surface area contributed by atoms with Crippen LogP contribution in [0.5, 0.6) is 0 Å². The molecule has 2 rings (SSSR count). The molecule has 0 spiro atoms. The van der Waals surface area contributed by atoms with Gasteiger partial charge in [0.15, 0.2) is 5.16 Å². The summed E-state index contributed by atoms with van der Waals surface area (Å²) in [7, 11) is 0. The van der Waals surface area contributed by atoms with E-state index in [0.29, 0.717) is 10.7 Å². The molecule has 0 aliphatic heterocycles. The zero-order valence-electron chi connectivity index (χ0n) is 13.4. The van der Waals surface area contributed by atoms with Gasteiger partial charge in [0.1, 0.15) is 0 Å². The van der Waals surface area contributed by atoms with Gasteiger partial charge >= 0.3 is 0 Å². The van der Waals surface area contributed by atoms with Gasteiger partial charge < -0.3 is 5.32 Å². The molecule has 2 aromatic rings. The van der Waals surface area contributed by atoms with E-state index < -0.39 is 0 Å². The third kappa shape index (κ3) is 3.85. The molecule has 1 amide bonds. The molecular formula is C17H21N3OS. The van der Waals surface area contributed by atoms with Crippen molar-refractivity contribution in [2.24, 2.45) is 0 Å². The highest BCUT2D eigenvalue weighted by Crippen LogP contribution is 2.19. The van der Waals surface area contributed by atoms with Crippen molar-refractivity contribution in [3.8, 4) is 0 Å². The van der Waals surface area contributed by atoms with Crippen molar-refractivity contribution >= 4 is 23.4 Å². The van der Waals surface area contributed by atoms with Gasteiger partial charge in [-0.1, -0.05) is 37.2 Å². The predicted octanol–water partition coefficient (Wildman–Crippen LogP) is 4.02. The van der Waals surface area contributed by atoms with E-state index in [0.717, 1.165) is 35.3 Å². The summed E-state index contributed by atoms with van der Waals surface area (Å²) in [6.07, 6.45) is 5.27. The van der Waals surface area contributed by atoms with Crippen LogP contribution in [0.3, 0.4) is 0 Å². The summed E-state index contributed by atoms with van der Waals surface area (Å²) in [4.78, 5) is 21.3. The Balaban J connectivity index is 2.30. The van der Waals surface area contributed by atoms with Crippen LogP contribution in [-0.2, 0) is 6.42 Å². The first kappa shape index (κ1) is 16.5. The zero-order valence-corrected chi connectivity index (χ0v) is 14.3. The minimum atomic E-state index is -0.148. The molecule has 1 aromatic heterocycles. The van der Waals surface area contributed by atoms with Crippen molar-refractivity contribution in [3.05, 3.63) is 46.8 Å². The zero-order chi connectivity index (χ0) is 16.1. The number of anilines is 1. The fourth-order valence-corrected chi connectivity index (χ4v) is 2.53. The van der Waals surface area contributed by atoms with E-state index in [1.165, 1.54) is 11.8 Å². The summed E-state index contributed by atoms with van der Waals surface area (Å²) < 4.78 is 0. The molecule has 116 valence electrons. The number of carbonyl (C=O) groups excluding carboxylic acids is 1. The maximum Gasteiger partial charge on any atom is 0.259 e. The number of hydrogen-bond acceptors (Lipinski definition) is 4. The third-order valence-corrected chi connectivity index (χ3v) is 3.96. The standard InChI is InChI=1S/C17H21N3OS/c1-5-6-14-13(10-18-17(20-14)22-4)16(21)19-15-9-11(2)7-8-12(15)3/h7-10H,5-6H2,1-4H3,(H,19,21). The number of thioether (sulfide) groups is 1. The monoisotopic (exact) mass is 315 g/mol. The Morgan fingerprint density at radius 2 is 2.09 bits per heavy atom. The van der Waals surface area contributed by atoms with E-state index in [1.54, 1.807) is 6.20 Å². The van der Waals surface area contributed by atoms with E-state index >= 15 is 0 Å². The lowest BCUT2D eigenvalue weighted by molar-refractivity contribution is 0.102. The number of aromatic nitrogens is 2. The minimum absolute atomic E-state index is 0.148. The van der Waals surface area contributed by atoms with Gasteiger partial charge in [0.25, 0.3) is 5.91 Å². The summed E-state index contributed by atoms with van der Waals surface area (Å²) in [5.41, 5.74) is 4.35. The van der Waals surface area contributed by atoms with Crippen LogP contribution in [-0.4, -0.2) is 22.1 Å². The van der Waals surface area contributed by atoms with Crippen LogP contribution >= 0.6 is 11.8 Å². The minimum Gasteiger partial charge on any atom is -0.322 e. The van der Waals surface area contributed by atoms with Crippen LogP contribution in [0.2, 0.25) is 0 Å². The first-order valence-electron chi connectivity index (χ1n) is 7.33. The molecule has 0 aliphatic carbocycles. The summed E-state index contributed by atoms with van der Waals surface area (Å²) in [5, 5.41) is 3.68. The van der Waals surface area contributed by atoms with Gasteiger partial charge in [0.05, 0.1) is 11.3 Å². The Labute approximate surface area is 135 Å². The molecule has 0 saturated carbocycles. The van der Waals surface area contributed by atoms with Gasteiger partial charge in [-0.05, 0) is 43.7 Å². The SMILES string of the molecule is CCCc1nc(SC)ncc1C(=O)Nc1cc(C)ccc1C. The molecule has 1 aromatic carbocycles. The van der Waals surface area contributed by atoms with Crippen LogP contribution in [0.1, 0.15) is 40.5 Å². The summed E-state index contributed by atoms with van der Waals surface area (Å²) in [6.45, 7) is 6.07. The second-order valence-electron chi connectivity index (χ2n) is 5.24. The summed E-state index contributed by atoms with van der Waals surface area (Å²) in [6, 6.07) is 6.01. The van der Waals surface area contributed by atoms with Gasteiger partial charge in [0.2, 0.25) is 0 Å². The number of rotatable bonds is 5. The van der Waals surface area contributed by atoms with E-state index in [1.807, 2.05) is 38.3 Å². The molecule has 0 fully saturated rings. The van der Waals surface area contributed by atoms with Gasteiger partial charge in [-0.15, -0.1) is 0 Å². The highest BCUT2D eigenvalue weighted by Gasteiger charge is 2.15. The normalized spacial score (nSPS) is 10.5. The second-order valence-corrected chi connectivity index (χ2v) is 6.01. The molecule has 4 nitrogen and oxygen atoms in total. The van der Waals surface area contributed by atoms with Crippen LogP contribution in [0.4, 0.5) is 5.69 Å². The van der Waals surface area contributed by atoms with Crippen molar-refractivity contribution in [2.75, 3.05) is 11.6 Å². The first-order chi connectivity index (χ1) is 10.5. The molecule has 1 heterocycles. The van der Waals surface area contributed by atoms with Crippen LogP contribution in [0.15, 0.2) is 29.6 Å². The van der Waals surface area contributed by atoms with Crippen molar-refractivity contribution in [3.63, 3.8) is 0 Å². The van der Waals surface area contributed by atoms with Crippen LogP contribution in [0, 0.1) is 13.8 Å². The number of carbonyl (C=O) groups is 1. The topological polar surface area (TPSA) is 54.9 Å². The molecule has 0 bridgehead atoms. The number of nitrogens with zero attached hydrogens (tertiary/aromatic N) is 2. The average Bonchev–Trinajstić information content (AvgIpc) is 2.51. The van der Waals surface area contributed by atoms with E-state index in [2.05, 4.69) is 22.2 Å². The highest BCUT2D eigenvalue weighted by atomic mass is 32.2. The highest BCUT2D eigenvalue weighted by molar-refractivity contribution is 7.98. The summed E-state index contributed by atoms with van der Waals surface area (Å²) in [5.74, 6) is -0.148. The molecule has 0 radical (unpaired) electrons. The Hall–Kier alpha value is -1.88. The molecule has 0 unspecified atom stereocenters. The lowest BCUT2D eigenvalue weighted by atomic mass is 10.1. The van der Waals surface area contributed by atoms with Crippen molar-refractivity contribution in [1.29, 1.82) is 0 Å².